The molecule has 0 atom stereocenters. The van der Waals surface area contributed by atoms with E-state index in [0.717, 1.165) is 18.1 Å². The molecule has 2 rings (SSSR count). The zero-order valence-electron chi connectivity index (χ0n) is 8.16. The highest BCUT2D eigenvalue weighted by molar-refractivity contribution is 7.71. The van der Waals surface area contributed by atoms with E-state index in [0.29, 0.717) is 4.77 Å². The van der Waals surface area contributed by atoms with Gasteiger partial charge in [-0.05, 0) is 30.8 Å². The molecule has 0 saturated heterocycles. The lowest BCUT2D eigenvalue weighted by Crippen LogP contribution is -2.02. The van der Waals surface area contributed by atoms with Crippen LogP contribution in [0.5, 0.6) is 0 Å². The number of nitrogens with one attached hydrogen (secondary N) is 1. The van der Waals surface area contributed by atoms with Gasteiger partial charge in [0.05, 0.1) is 5.69 Å². The molecule has 0 unspecified atom stereocenters. The average molecular weight is 207 g/mol. The molecule has 0 spiro atoms. The van der Waals surface area contributed by atoms with Gasteiger partial charge in [-0.3, -0.25) is 0 Å². The van der Waals surface area contributed by atoms with E-state index in [-0.39, 0.29) is 0 Å². The Bertz CT molecular complexity index is 443. The van der Waals surface area contributed by atoms with Gasteiger partial charge in [0.15, 0.2) is 10.6 Å². The molecule has 0 bridgehead atoms. The minimum Gasteiger partial charge on any atom is -0.331 e. The van der Waals surface area contributed by atoms with Crippen LogP contribution in [0.2, 0.25) is 0 Å². The number of aryl methyl sites for hydroxylation is 1. The van der Waals surface area contributed by atoms with Gasteiger partial charge in [0.25, 0.3) is 0 Å². The number of unbranched alkanes of at least 4 members (excludes halogenated alkanes) is 1. The summed E-state index contributed by atoms with van der Waals surface area (Å²) in [6.07, 6.45) is 4.41. The molecule has 74 valence electrons. The molecule has 0 aromatic carbocycles. The first-order chi connectivity index (χ1) is 6.81. The zero-order chi connectivity index (χ0) is 9.97. The Balaban J connectivity index is 2.41. The fraction of sp³-hybridized carbons (Fsp3) is 0.400. The Morgan fingerprint density at radius 3 is 3.21 bits per heavy atom. The van der Waals surface area contributed by atoms with E-state index >= 15 is 0 Å². The first-order valence-corrected chi connectivity index (χ1v) is 5.27. The lowest BCUT2D eigenvalue weighted by molar-refractivity contribution is 0.627. The Hall–Kier alpha value is -1.16. The summed E-state index contributed by atoms with van der Waals surface area (Å²) in [5.74, 6) is 0.964. The van der Waals surface area contributed by atoms with Crippen LogP contribution in [0.4, 0.5) is 0 Å². The number of imidazole rings is 1. The fourth-order valence-electron chi connectivity index (χ4n) is 1.51. The second kappa shape index (κ2) is 3.92. The van der Waals surface area contributed by atoms with E-state index in [9.17, 15) is 0 Å². The van der Waals surface area contributed by atoms with Crippen LogP contribution in [0.25, 0.3) is 11.5 Å². The van der Waals surface area contributed by atoms with Gasteiger partial charge >= 0.3 is 0 Å². The molecular weight excluding hydrogens is 194 g/mol. The number of nitrogens with zero attached hydrogens (tertiary/aromatic N) is 2. The summed E-state index contributed by atoms with van der Waals surface area (Å²) in [5.41, 5.74) is 1.02. The molecule has 0 fully saturated rings. The number of rotatable bonds is 3. The van der Waals surface area contributed by atoms with Gasteiger partial charge in [0, 0.05) is 12.7 Å². The number of hydrogen-bond donors (Lipinski definition) is 1. The lowest BCUT2D eigenvalue weighted by atomic mass is 10.3. The average Bonchev–Trinajstić information content (AvgIpc) is 2.55. The van der Waals surface area contributed by atoms with E-state index in [1.807, 2.05) is 18.3 Å². The van der Waals surface area contributed by atoms with Crippen molar-refractivity contribution in [2.24, 2.45) is 0 Å². The molecule has 0 saturated carbocycles. The third-order valence-corrected chi connectivity index (χ3v) is 2.44. The minimum absolute atomic E-state index is 0.566. The van der Waals surface area contributed by atoms with Crippen LogP contribution < -0.4 is 0 Å². The van der Waals surface area contributed by atoms with Gasteiger partial charge < -0.3 is 9.55 Å². The van der Waals surface area contributed by atoms with Gasteiger partial charge in [-0.15, -0.1) is 0 Å². The van der Waals surface area contributed by atoms with Crippen LogP contribution in [0.3, 0.4) is 0 Å². The summed E-state index contributed by atoms with van der Waals surface area (Å²) in [7, 11) is 0. The summed E-state index contributed by atoms with van der Waals surface area (Å²) in [6.45, 7) is 3.19. The molecule has 0 aromatic rings. The van der Waals surface area contributed by atoms with Crippen LogP contribution in [0.1, 0.15) is 19.8 Å². The number of aromatic nitrogens is 3. The molecule has 2 aliphatic rings. The predicted octanol–water partition coefficient (Wildman–Crippen LogP) is 2.85. The second-order valence-electron chi connectivity index (χ2n) is 3.33. The van der Waals surface area contributed by atoms with Gasteiger partial charge in [-0.1, -0.05) is 13.3 Å². The third kappa shape index (κ3) is 1.70. The van der Waals surface area contributed by atoms with Crippen molar-refractivity contribution in [1.82, 2.24) is 14.5 Å². The van der Waals surface area contributed by atoms with Crippen molar-refractivity contribution in [3.8, 4) is 11.5 Å². The van der Waals surface area contributed by atoms with E-state index in [1.54, 1.807) is 0 Å². The van der Waals surface area contributed by atoms with E-state index in [4.69, 9.17) is 12.2 Å². The Kier molecular flexibility index (Phi) is 2.63. The summed E-state index contributed by atoms with van der Waals surface area (Å²) < 4.78 is 2.71. The number of pyridine rings is 1. The SMILES string of the molecule is CCCCn1cccc2[nH]c(=S)nc1-2. The summed E-state index contributed by atoms with van der Waals surface area (Å²) in [6, 6.07) is 4.02. The van der Waals surface area contributed by atoms with Crippen LogP contribution >= 0.6 is 12.2 Å². The molecule has 0 aliphatic carbocycles. The maximum atomic E-state index is 5.01. The van der Waals surface area contributed by atoms with E-state index in [1.165, 1.54) is 12.8 Å². The molecule has 2 aliphatic heterocycles. The quantitative estimate of drug-likeness (QED) is 0.785. The molecule has 3 nitrogen and oxygen atoms in total. The molecular formula is C10H13N3S. The van der Waals surface area contributed by atoms with Crippen molar-refractivity contribution in [1.29, 1.82) is 0 Å². The maximum absolute atomic E-state index is 5.01. The molecule has 0 radical (unpaired) electrons. The summed E-state index contributed by atoms with van der Waals surface area (Å²) in [4.78, 5) is 7.35. The van der Waals surface area contributed by atoms with Gasteiger partial charge in [-0.25, -0.2) is 4.98 Å². The van der Waals surface area contributed by atoms with Crippen molar-refractivity contribution in [2.75, 3.05) is 0 Å². The molecule has 0 amide bonds. The van der Waals surface area contributed by atoms with Crippen molar-refractivity contribution < 1.29 is 0 Å². The van der Waals surface area contributed by atoms with Crippen molar-refractivity contribution >= 4 is 12.2 Å². The van der Waals surface area contributed by atoms with Crippen molar-refractivity contribution in [3.63, 3.8) is 0 Å². The number of H-pyrrole nitrogens is 1. The molecule has 14 heavy (non-hydrogen) atoms. The zero-order valence-corrected chi connectivity index (χ0v) is 8.97. The largest absolute Gasteiger partial charge is 0.331 e. The van der Waals surface area contributed by atoms with Gasteiger partial charge in [0.1, 0.15) is 0 Å². The number of fused-ring (bicyclic) bond motifs is 1. The minimum atomic E-state index is 0.566. The van der Waals surface area contributed by atoms with Gasteiger partial charge in [0.2, 0.25) is 0 Å². The first-order valence-electron chi connectivity index (χ1n) is 4.86. The smallest absolute Gasteiger partial charge is 0.199 e. The third-order valence-electron chi connectivity index (χ3n) is 2.24. The Morgan fingerprint density at radius 2 is 2.43 bits per heavy atom. The fourth-order valence-corrected chi connectivity index (χ4v) is 1.71. The molecule has 2 heterocycles. The predicted molar refractivity (Wildman–Crippen MR) is 58.9 cm³/mol. The monoisotopic (exact) mass is 207 g/mol. The van der Waals surface area contributed by atoms with Gasteiger partial charge in [-0.2, -0.15) is 0 Å². The van der Waals surface area contributed by atoms with Crippen molar-refractivity contribution in [3.05, 3.63) is 23.1 Å². The Morgan fingerprint density at radius 1 is 1.57 bits per heavy atom. The lowest BCUT2D eigenvalue weighted by Gasteiger charge is -2.09. The van der Waals surface area contributed by atoms with E-state index < -0.39 is 0 Å². The van der Waals surface area contributed by atoms with Crippen LogP contribution in [0, 0.1) is 4.77 Å². The highest BCUT2D eigenvalue weighted by Gasteiger charge is 2.08. The standard InChI is InChI=1S/C10H13N3S/c1-2-3-6-13-7-4-5-8-9(13)12-10(14)11-8/h4-5,7H,2-3,6H2,1H3,(H,11,14). The first kappa shape index (κ1) is 9.40. The maximum Gasteiger partial charge on any atom is 0.199 e. The number of hydrogen-bond acceptors (Lipinski definition) is 2. The highest BCUT2D eigenvalue weighted by Crippen LogP contribution is 2.17. The second-order valence-corrected chi connectivity index (χ2v) is 3.72. The topological polar surface area (TPSA) is 33.6 Å². The highest BCUT2D eigenvalue weighted by atomic mass is 32.1. The Labute approximate surface area is 88.1 Å². The summed E-state index contributed by atoms with van der Waals surface area (Å²) in [5, 5.41) is 0. The molecule has 0 aromatic heterocycles. The van der Waals surface area contributed by atoms with Crippen LogP contribution in [-0.2, 0) is 6.54 Å². The van der Waals surface area contributed by atoms with Crippen molar-refractivity contribution in [2.45, 2.75) is 26.3 Å². The van der Waals surface area contributed by atoms with Crippen LogP contribution in [-0.4, -0.2) is 14.5 Å². The summed E-state index contributed by atoms with van der Waals surface area (Å²) >= 11 is 5.01. The van der Waals surface area contributed by atoms with Crippen LogP contribution in [0.15, 0.2) is 18.3 Å². The molecule has 1 N–H and O–H groups in total. The molecule has 4 heteroatoms. The number of aromatic amines is 1. The van der Waals surface area contributed by atoms with E-state index in [2.05, 4.69) is 21.5 Å². The normalized spacial score (nSPS) is 10.9.